The van der Waals surface area contributed by atoms with Crippen LogP contribution >= 0.6 is 23.2 Å². The van der Waals surface area contributed by atoms with E-state index in [4.69, 9.17) is 23.2 Å². The number of carbonyl (C=O) groups is 2. The van der Waals surface area contributed by atoms with Crippen LogP contribution in [-0.4, -0.2) is 44.8 Å². The first-order valence-corrected chi connectivity index (χ1v) is 13.0. The van der Waals surface area contributed by atoms with Crippen LogP contribution < -0.4 is 9.62 Å². The molecule has 0 aliphatic carbocycles. The van der Waals surface area contributed by atoms with Crippen LogP contribution in [0.15, 0.2) is 77.7 Å². The molecule has 2 amide bonds. The molecular formula is C25H24Cl2FN3O4S. The van der Waals surface area contributed by atoms with Crippen LogP contribution in [0.2, 0.25) is 10.0 Å². The molecule has 0 aromatic heterocycles. The first kappa shape index (κ1) is 27.4. The van der Waals surface area contributed by atoms with Gasteiger partial charge in [0.05, 0.1) is 10.6 Å². The number of halogens is 3. The Labute approximate surface area is 219 Å². The molecule has 3 rings (SSSR count). The molecule has 0 spiro atoms. The number of nitrogens with zero attached hydrogens (tertiary/aromatic N) is 2. The number of hydrogen-bond donors (Lipinski definition) is 1. The van der Waals surface area contributed by atoms with E-state index < -0.39 is 40.2 Å². The normalized spacial score (nSPS) is 12.0. The molecule has 1 atom stereocenters. The Hall–Kier alpha value is -3.14. The van der Waals surface area contributed by atoms with Gasteiger partial charge in [-0.2, -0.15) is 0 Å². The fourth-order valence-corrected chi connectivity index (χ4v) is 5.45. The Morgan fingerprint density at radius 3 is 2.08 bits per heavy atom. The van der Waals surface area contributed by atoms with Crippen molar-refractivity contribution in [2.75, 3.05) is 17.9 Å². The van der Waals surface area contributed by atoms with Crippen molar-refractivity contribution in [3.8, 4) is 0 Å². The molecule has 0 saturated heterocycles. The molecule has 0 saturated carbocycles. The summed E-state index contributed by atoms with van der Waals surface area (Å²) in [6.07, 6.45) is 0. The molecule has 7 nitrogen and oxygen atoms in total. The number of hydrogen-bond acceptors (Lipinski definition) is 4. The molecule has 36 heavy (non-hydrogen) atoms. The molecule has 0 aliphatic rings. The quantitative estimate of drug-likeness (QED) is 0.424. The van der Waals surface area contributed by atoms with Gasteiger partial charge in [0.2, 0.25) is 11.8 Å². The van der Waals surface area contributed by atoms with Gasteiger partial charge >= 0.3 is 0 Å². The Bertz CT molecular complexity index is 1320. The highest BCUT2D eigenvalue weighted by molar-refractivity contribution is 7.92. The summed E-state index contributed by atoms with van der Waals surface area (Å²) in [4.78, 5) is 27.3. The van der Waals surface area contributed by atoms with Crippen LogP contribution in [0, 0.1) is 5.82 Å². The van der Waals surface area contributed by atoms with E-state index in [-0.39, 0.29) is 27.2 Å². The highest BCUT2D eigenvalue weighted by Gasteiger charge is 2.32. The largest absolute Gasteiger partial charge is 0.357 e. The van der Waals surface area contributed by atoms with Crippen LogP contribution in [0.1, 0.15) is 12.5 Å². The number of benzene rings is 3. The van der Waals surface area contributed by atoms with Crippen molar-refractivity contribution in [3.63, 3.8) is 0 Å². The zero-order chi connectivity index (χ0) is 26.5. The summed E-state index contributed by atoms with van der Waals surface area (Å²) in [5, 5.41) is 3.07. The smallest absolute Gasteiger partial charge is 0.264 e. The fourth-order valence-electron chi connectivity index (χ4n) is 3.50. The molecule has 1 N–H and O–H groups in total. The summed E-state index contributed by atoms with van der Waals surface area (Å²) in [6, 6.07) is 16.1. The molecule has 0 aliphatic heterocycles. The number of carbonyl (C=O) groups excluding carboxylic acids is 2. The van der Waals surface area contributed by atoms with Crippen molar-refractivity contribution in [1.82, 2.24) is 10.2 Å². The third kappa shape index (κ3) is 6.16. The zero-order valence-electron chi connectivity index (χ0n) is 19.5. The van der Waals surface area contributed by atoms with Crippen LogP contribution in [0.5, 0.6) is 0 Å². The average molecular weight is 552 g/mol. The van der Waals surface area contributed by atoms with E-state index in [1.807, 2.05) is 0 Å². The number of nitrogens with one attached hydrogen (secondary N) is 1. The third-order valence-electron chi connectivity index (χ3n) is 5.53. The molecule has 3 aromatic carbocycles. The van der Waals surface area contributed by atoms with Crippen LogP contribution in [-0.2, 0) is 26.2 Å². The van der Waals surface area contributed by atoms with E-state index in [1.165, 1.54) is 43.1 Å². The second-order valence-corrected chi connectivity index (χ2v) is 10.5. The fraction of sp³-hybridized carbons (Fsp3) is 0.200. The second-order valence-electron chi connectivity index (χ2n) is 7.81. The van der Waals surface area contributed by atoms with E-state index in [0.717, 1.165) is 16.4 Å². The predicted molar refractivity (Wildman–Crippen MR) is 138 cm³/mol. The summed E-state index contributed by atoms with van der Waals surface area (Å²) >= 11 is 12.6. The van der Waals surface area contributed by atoms with Gasteiger partial charge in [0.15, 0.2) is 0 Å². The Morgan fingerprint density at radius 2 is 1.53 bits per heavy atom. The zero-order valence-corrected chi connectivity index (χ0v) is 21.8. The molecule has 0 bridgehead atoms. The summed E-state index contributed by atoms with van der Waals surface area (Å²) in [6.45, 7) is 0.705. The SMILES string of the molecule is CNC(=O)C(C)N(Cc1c(Cl)cccc1Cl)C(=O)CN(c1ccc(F)cc1)S(=O)(=O)c1ccccc1. The number of rotatable bonds is 9. The molecular weight excluding hydrogens is 528 g/mol. The van der Waals surface area contributed by atoms with Gasteiger partial charge in [-0.3, -0.25) is 13.9 Å². The molecule has 190 valence electrons. The minimum Gasteiger partial charge on any atom is -0.357 e. The third-order valence-corrected chi connectivity index (χ3v) is 8.02. The van der Waals surface area contributed by atoms with Gasteiger partial charge in [-0.15, -0.1) is 0 Å². The summed E-state index contributed by atoms with van der Waals surface area (Å²) in [5.74, 6) is -1.72. The standard InChI is InChI=1S/C25H24Cl2FN3O4S/c1-17(25(33)29-2)30(15-21-22(26)9-6-10-23(21)27)24(32)16-31(19-13-11-18(28)12-14-19)36(34,35)20-7-4-3-5-8-20/h3-14,17H,15-16H2,1-2H3,(H,29,33). The van der Waals surface area contributed by atoms with Crippen LogP contribution in [0.3, 0.4) is 0 Å². The molecule has 3 aromatic rings. The summed E-state index contributed by atoms with van der Waals surface area (Å²) in [5.41, 5.74) is 0.487. The topological polar surface area (TPSA) is 86.8 Å². The molecule has 0 radical (unpaired) electrons. The van der Waals surface area contributed by atoms with Gasteiger partial charge in [-0.05, 0) is 55.5 Å². The average Bonchev–Trinajstić information content (AvgIpc) is 2.87. The minimum absolute atomic E-state index is 0.0535. The Kier molecular flexibility index (Phi) is 8.94. The van der Waals surface area contributed by atoms with Crippen molar-refractivity contribution < 1.29 is 22.4 Å². The lowest BCUT2D eigenvalue weighted by Gasteiger charge is -2.32. The van der Waals surface area contributed by atoms with E-state index in [0.29, 0.717) is 5.56 Å². The maximum atomic E-state index is 13.6. The first-order valence-electron chi connectivity index (χ1n) is 10.8. The molecule has 1 unspecified atom stereocenters. The van der Waals surface area contributed by atoms with Gasteiger partial charge in [0.1, 0.15) is 18.4 Å². The monoisotopic (exact) mass is 551 g/mol. The van der Waals surface area contributed by atoms with E-state index in [1.54, 1.807) is 36.4 Å². The second kappa shape index (κ2) is 11.7. The van der Waals surface area contributed by atoms with Crippen LogP contribution in [0.4, 0.5) is 10.1 Å². The van der Waals surface area contributed by atoms with Crippen molar-refractivity contribution in [3.05, 3.63) is 94.2 Å². The van der Waals surface area contributed by atoms with Crippen LogP contribution in [0.25, 0.3) is 0 Å². The van der Waals surface area contributed by atoms with Crippen molar-refractivity contribution in [1.29, 1.82) is 0 Å². The molecule has 0 heterocycles. The number of sulfonamides is 1. The van der Waals surface area contributed by atoms with Crippen molar-refractivity contribution >= 4 is 50.7 Å². The lowest BCUT2D eigenvalue weighted by molar-refractivity contribution is -0.139. The van der Waals surface area contributed by atoms with Gasteiger partial charge in [-0.25, -0.2) is 12.8 Å². The lowest BCUT2D eigenvalue weighted by Crippen LogP contribution is -2.50. The maximum Gasteiger partial charge on any atom is 0.264 e. The van der Waals surface area contributed by atoms with Gasteiger partial charge < -0.3 is 10.2 Å². The minimum atomic E-state index is -4.23. The number of anilines is 1. The maximum absolute atomic E-state index is 13.6. The number of amides is 2. The Balaban J connectivity index is 2.05. The van der Waals surface area contributed by atoms with Gasteiger partial charge in [0.25, 0.3) is 10.0 Å². The van der Waals surface area contributed by atoms with E-state index in [9.17, 15) is 22.4 Å². The van der Waals surface area contributed by atoms with E-state index >= 15 is 0 Å². The molecule has 11 heteroatoms. The highest BCUT2D eigenvalue weighted by atomic mass is 35.5. The molecule has 0 fully saturated rings. The van der Waals surface area contributed by atoms with Gasteiger partial charge in [0, 0.05) is 29.2 Å². The highest BCUT2D eigenvalue weighted by Crippen LogP contribution is 2.28. The van der Waals surface area contributed by atoms with E-state index in [2.05, 4.69) is 5.32 Å². The van der Waals surface area contributed by atoms with Crippen molar-refractivity contribution in [2.45, 2.75) is 24.4 Å². The summed E-state index contributed by atoms with van der Waals surface area (Å²) < 4.78 is 41.6. The predicted octanol–water partition coefficient (Wildman–Crippen LogP) is 4.49. The Morgan fingerprint density at radius 1 is 0.944 bits per heavy atom. The lowest BCUT2D eigenvalue weighted by atomic mass is 10.1. The number of likely N-dealkylation sites (N-methyl/N-ethyl adjacent to an activating group) is 1. The first-order chi connectivity index (χ1) is 17.1. The van der Waals surface area contributed by atoms with Crippen molar-refractivity contribution in [2.24, 2.45) is 0 Å². The summed E-state index contributed by atoms with van der Waals surface area (Å²) in [7, 11) is -2.80. The van der Waals surface area contributed by atoms with Gasteiger partial charge in [-0.1, -0.05) is 47.5 Å².